The Hall–Kier alpha value is -2.45. The summed E-state index contributed by atoms with van der Waals surface area (Å²) >= 11 is 0. The summed E-state index contributed by atoms with van der Waals surface area (Å²) in [5.74, 6) is 0.526. The second-order valence-electron chi connectivity index (χ2n) is 6.30. The highest BCUT2D eigenvalue weighted by molar-refractivity contribution is 7.88. The van der Waals surface area contributed by atoms with Crippen LogP contribution >= 0.6 is 0 Å². The standard InChI is InChI=1S/C18H19N3O4S/c22-26(23,13-17-16-5-1-2-6-18(16)25-20-17)21-11-3-4-15(12-21)24-14-7-9-19-10-8-14/h1-2,5-10,15H,3-4,11-13H2. The van der Waals surface area contributed by atoms with Gasteiger partial charge in [0.05, 0.1) is 6.54 Å². The molecule has 1 aromatic carbocycles. The zero-order valence-electron chi connectivity index (χ0n) is 14.1. The molecule has 0 bridgehead atoms. The Kier molecular flexibility index (Phi) is 4.60. The molecule has 7 nitrogen and oxygen atoms in total. The maximum Gasteiger partial charge on any atom is 0.220 e. The zero-order valence-corrected chi connectivity index (χ0v) is 14.9. The molecule has 26 heavy (non-hydrogen) atoms. The van der Waals surface area contributed by atoms with E-state index in [-0.39, 0.29) is 11.9 Å². The monoisotopic (exact) mass is 373 g/mol. The van der Waals surface area contributed by atoms with E-state index in [1.165, 1.54) is 4.31 Å². The van der Waals surface area contributed by atoms with E-state index < -0.39 is 10.0 Å². The van der Waals surface area contributed by atoms with E-state index in [0.29, 0.717) is 30.1 Å². The van der Waals surface area contributed by atoms with Gasteiger partial charge in [0.1, 0.15) is 23.3 Å². The first-order valence-electron chi connectivity index (χ1n) is 8.49. The number of para-hydroxylation sites is 1. The molecule has 0 spiro atoms. The van der Waals surface area contributed by atoms with E-state index in [1.807, 2.05) is 18.2 Å². The topological polar surface area (TPSA) is 85.5 Å². The number of nitrogens with zero attached hydrogens (tertiary/aromatic N) is 3. The minimum atomic E-state index is -3.50. The molecule has 1 aliphatic rings. The van der Waals surface area contributed by atoms with Crippen LogP contribution in [0.25, 0.3) is 11.0 Å². The van der Waals surface area contributed by atoms with Gasteiger partial charge in [0.25, 0.3) is 0 Å². The molecule has 4 rings (SSSR count). The van der Waals surface area contributed by atoms with Crippen LogP contribution in [0.4, 0.5) is 0 Å². The first kappa shape index (κ1) is 17.0. The molecule has 1 fully saturated rings. The number of pyridine rings is 1. The molecule has 1 aliphatic heterocycles. The molecule has 1 unspecified atom stereocenters. The molecule has 1 saturated heterocycles. The SMILES string of the molecule is O=S(=O)(Cc1noc2ccccc12)N1CCCC(Oc2ccncc2)C1. The predicted octanol–water partition coefficient (Wildman–Crippen LogP) is 2.60. The van der Waals surface area contributed by atoms with Crippen LogP contribution in [0.1, 0.15) is 18.5 Å². The van der Waals surface area contributed by atoms with Gasteiger partial charge in [-0.15, -0.1) is 0 Å². The summed E-state index contributed by atoms with van der Waals surface area (Å²) < 4.78 is 38.4. The predicted molar refractivity (Wildman–Crippen MR) is 96.1 cm³/mol. The fraction of sp³-hybridized carbons (Fsp3) is 0.333. The van der Waals surface area contributed by atoms with Crippen molar-refractivity contribution in [3.8, 4) is 5.75 Å². The highest BCUT2D eigenvalue weighted by Crippen LogP contribution is 2.24. The number of piperidine rings is 1. The van der Waals surface area contributed by atoms with Crippen LogP contribution < -0.4 is 4.74 Å². The maximum atomic E-state index is 12.9. The van der Waals surface area contributed by atoms with Crippen molar-refractivity contribution in [3.63, 3.8) is 0 Å². The summed E-state index contributed by atoms with van der Waals surface area (Å²) in [7, 11) is -3.50. The Morgan fingerprint density at radius 1 is 1.19 bits per heavy atom. The van der Waals surface area contributed by atoms with Crippen LogP contribution in [0.2, 0.25) is 0 Å². The molecule has 2 aromatic heterocycles. The maximum absolute atomic E-state index is 12.9. The second-order valence-corrected chi connectivity index (χ2v) is 8.27. The quantitative estimate of drug-likeness (QED) is 0.683. The molecule has 1 atom stereocenters. The Labute approximate surface area is 151 Å². The minimum Gasteiger partial charge on any atom is -0.489 e. The summed E-state index contributed by atoms with van der Waals surface area (Å²) in [6.45, 7) is 0.828. The number of aromatic nitrogens is 2. The van der Waals surface area contributed by atoms with Gasteiger partial charge >= 0.3 is 0 Å². The highest BCUT2D eigenvalue weighted by atomic mass is 32.2. The Balaban J connectivity index is 1.48. The molecule has 136 valence electrons. The summed E-state index contributed by atoms with van der Waals surface area (Å²) in [5, 5.41) is 4.68. The summed E-state index contributed by atoms with van der Waals surface area (Å²) in [6, 6.07) is 10.8. The van der Waals surface area contributed by atoms with Crippen LogP contribution in [-0.2, 0) is 15.8 Å². The molecular weight excluding hydrogens is 354 g/mol. The normalized spacial score (nSPS) is 18.8. The van der Waals surface area contributed by atoms with Gasteiger partial charge < -0.3 is 9.26 Å². The molecule has 0 amide bonds. The molecule has 0 saturated carbocycles. The third-order valence-corrected chi connectivity index (χ3v) is 6.21. The lowest BCUT2D eigenvalue weighted by molar-refractivity contribution is 0.129. The number of fused-ring (bicyclic) bond motifs is 1. The zero-order chi connectivity index (χ0) is 18.0. The summed E-state index contributed by atoms with van der Waals surface area (Å²) in [5.41, 5.74) is 1.04. The lowest BCUT2D eigenvalue weighted by atomic mass is 10.1. The van der Waals surface area contributed by atoms with Crippen molar-refractivity contribution in [2.24, 2.45) is 0 Å². The third kappa shape index (κ3) is 3.56. The number of hydrogen-bond acceptors (Lipinski definition) is 6. The third-order valence-electron chi connectivity index (χ3n) is 4.46. The fourth-order valence-electron chi connectivity index (χ4n) is 3.17. The molecule has 0 radical (unpaired) electrons. The average molecular weight is 373 g/mol. The minimum absolute atomic E-state index is 0.171. The van der Waals surface area contributed by atoms with E-state index in [4.69, 9.17) is 9.26 Å². The van der Waals surface area contributed by atoms with E-state index in [2.05, 4.69) is 10.1 Å². The van der Waals surface area contributed by atoms with E-state index in [0.717, 1.165) is 18.2 Å². The lowest BCUT2D eigenvalue weighted by Crippen LogP contribution is -2.44. The van der Waals surface area contributed by atoms with Crippen molar-refractivity contribution in [2.75, 3.05) is 13.1 Å². The first-order valence-corrected chi connectivity index (χ1v) is 10.1. The molecule has 0 N–H and O–H groups in total. The molecule has 3 aromatic rings. The number of ether oxygens (including phenoxy) is 1. The van der Waals surface area contributed by atoms with Crippen LogP contribution in [0.5, 0.6) is 5.75 Å². The van der Waals surface area contributed by atoms with Crippen molar-refractivity contribution in [1.82, 2.24) is 14.4 Å². The van der Waals surface area contributed by atoms with Gasteiger partial charge in [-0.2, -0.15) is 4.31 Å². The van der Waals surface area contributed by atoms with Gasteiger partial charge in [-0.05, 0) is 37.1 Å². The van der Waals surface area contributed by atoms with Gasteiger partial charge in [-0.3, -0.25) is 4.98 Å². The van der Waals surface area contributed by atoms with Crippen molar-refractivity contribution in [3.05, 3.63) is 54.5 Å². The van der Waals surface area contributed by atoms with Crippen molar-refractivity contribution in [2.45, 2.75) is 24.7 Å². The molecule has 8 heteroatoms. The largest absolute Gasteiger partial charge is 0.489 e. The average Bonchev–Trinajstić information content (AvgIpc) is 3.05. The number of rotatable bonds is 5. The summed E-state index contributed by atoms with van der Waals surface area (Å²) in [6.07, 6.45) is 4.72. The van der Waals surface area contributed by atoms with Gasteiger partial charge in [0.15, 0.2) is 5.58 Å². The summed E-state index contributed by atoms with van der Waals surface area (Å²) in [4.78, 5) is 3.96. The Morgan fingerprint density at radius 3 is 2.85 bits per heavy atom. The van der Waals surface area contributed by atoms with Crippen LogP contribution in [0, 0.1) is 0 Å². The smallest absolute Gasteiger partial charge is 0.220 e. The van der Waals surface area contributed by atoms with Crippen LogP contribution in [0.3, 0.4) is 0 Å². The van der Waals surface area contributed by atoms with Gasteiger partial charge in [0.2, 0.25) is 10.0 Å². The molecule has 3 heterocycles. The molecular formula is C18H19N3O4S. The van der Waals surface area contributed by atoms with E-state index >= 15 is 0 Å². The van der Waals surface area contributed by atoms with Crippen molar-refractivity contribution >= 4 is 21.0 Å². The lowest BCUT2D eigenvalue weighted by Gasteiger charge is -2.31. The highest BCUT2D eigenvalue weighted by Gasteiger charge is 2.31. The Bertz CT molecular complexity index is 988. The first-order chi connectivity index (χ1) is 12.6. The van der Waals surface area contributed by atoms with Gasteiger partial charge in [-0.25, -0.2) is 8.42 Å². The van der Waals surface area contributed by atoms with E-state index in [1.54, 1.807) is 30.6 Å². The van der Waals surface area contributed by atoms with Gasteiger partial charge in [0, 0.05) is 24.3 Å². The number of benzene rings is 1. The van der Waals surface area contributed by atoms with Gasteiger partial charge in [-0.1, -0.05) is 17.3 Å². The second kappa shape index (κ2) is 7.05. The van der Waals surface area contributed by atoms with Crippen molar-refractivity contribution in [1.29, 1.82) is 0 Å². The molecule has 0 aliphatic carbocycles. The number of sulfonamides is 1. The van der Waals surface area contributed by atoms with Crippen LogP contribution in [-0.4, -0.2) is 42.1 Å². The van der Waals surface area contributed by atoms with E-state index in [9.17, 15) is 8.42 Å². The fourth-order valence-corrected chi connectivity index (χ4v) is 4.71. The number of hydrogen-bond donors (Lipinski definition) is 0. The Morgan fingerprint density at radius 2 is 2.00 bits per heavy atom. The van der Waals surface area contributed by atoms with Crippen molar-refractivity contribution < 1.29 is 17.7 Å². The van der Waals surface area contributed by atoms with Crippen LogP contribution in [0.15, 0.2) is 53.3 Å².